The first-order valence-electron chi connectivity index (χ1n) is 8.40. The molecule has 1 aromatic carbocycles. The number of nitrogens with zero attached hydrogens (tertiary/aromatic N) is 2. The first-order chi connectivity index (χ1) is 11.8. The summed E-state index contributed by atoms with van der Waals surface area (Å²) in [7, 11) is 4.00. The molecule has 0 heterocycles. The first-order valence-corrected chi connectivity index (χ1v) is 9.16. The van der Waals surface area contributed by atoms with E-state index in [0.29, 0.717) is 42.5 Å². The zero-order valence-corrected chi connectivity index (χ0v) is 16.7. The molecule has 0 aliphatic carbocycles. The van der Waals surface area contributed by atoms with Crippen molar-refractivity contribution in [2.24, 2.45) is 0 Å². The SMILES string of the molecule is CC(=O)N(CCCN(C)C)CCC(=O)NCCc1ccc(Cl)cc1Cl. The van der Waals surface area contributed by atoms with Crippen LogP contribution in [0.3, 0.4) is 0 Å². The molecule has 5 nitrogen and oxygen atoms in total. The van der Waals surface area contributed by atoms with Crippen molar-refractivity contribution >= 4 is 35.0 Å². The third-order valence-electron chi connectivity index (χ3n) is 3.82. The molecule has 1 rings (SSSR count). The molecule has 0 spiro atoms. The van der Waals surface area contributed by atoms with Gasteiger partial charge in [-0.15, -0.1) is 0 Å². The molecular formula is C18H27Cl2N3O2. The molecule has 0 fully saturated rings. The summed E-state index contributed by atoms with van der Waals surface area (Å²) in [6.07, 6.45) is 1.83. The van der Waals surface area contributed by atoms with E-state index < -0.39 is 0 Å². The Balaban J connectivity index is 2.31. The number of hydrogen-bond donors (Lipinski definition) is 1. The van der Waals surface area contributed by atoms with Crippen LogP contribution in [0.15, 0.2) is 18.2 Å². The normalized spacial score (nSPS) is 10.8. The minimum Gasteiger partial charge on any atom is -0.356 e. The molecular weight excluding hydrogens is 361 g/mol. The van der Waals surface area contributed by atoms with Crippen LogP contribution in [0.4, 0.5) is 0 Å². The van der Waals surface area contributed by atoms with E-state index in [1.54, 1.807) is 17.0 Å². The fourth-order valence-electron chi connectivity index (χ4n) is 2.39. The number of rotatable bonds is 10. The fourth-order valence-corrected chi connectivity index (χ4v) is 2.89. The van der Waals surface area contributed by atoms with Gasteiger partial charge in [0.1, 0.15) is 0 Å². The Kier molecular flexibility index (Phi) is 9.86. The predicted octanol–water partition coefficient (Wildman–Crippen LogP) is 2.84. The van der Waals surface area contributed by atoms with Crippen molar-refractivity contribution in [3.8, 4) is 0 Å². The summed E-state index contributed by atoms with van der Waals surface area (Å²) in [5.41, 5.74) is 0.945. The summed E-state index contributed by atoms with van der Waals surface area (Å²) >= 11 is 12.0. The number of halogens is 2. The van der Waals surface area contributed by atoms with Gasteiger partial charge in [0.05, 0.1) is 0 Å². The van der Waals surface area contributed by atoms with Gasteiger partial charge in [-0.05, 0) is 51.2 Å². The maximum Gasteiger partial charge on any atom is 0.221 e. The Morgan fingerprint density at radius 1 is 1.12 bits per heavy atom. The van der Waals surface area contributed by atoms with E-state index in [1.165, 1.54) is 6.92 Å². The van der Waals surface area contributed by atoms with Crippen LogP contribution in [-0.4, -0.2) is 61.9 Å². The van der Waals surface area contributed by atoms with Crippen molar-refractivity contribution in [1.29, 1.82) is 0 Å². The summed E-state index contributed by atoms with van der Waals surface area (Å²) < 4.78 is 0. The number of benzene rings is 1. The molecule has 2 amide bonds. The third-order valence-corrected chi connectivity index (χ3v) is 4.41. The molecule has 0 aliphatic rings. The average Bonchev–Trinajstić information content (AvgIpc) is 2.52. The van der Waals surface area contributed by atoms with Crippen molar-refractivity contribution in [2.75, 3.05) is 40.3 Å². The van der Waals surface area contributed by atoms with Gasteiger partial charge in [-0.2, -0.15) is 0 Å². The van der Waals surface area contributed by atoms with Crippen molar-refractivity contribution in [1.82, 2.24) is 15.1 Å². The lowest BCUT2D eigenvalue weighted by atomic mass is 10.1. The highest BCUT2D eigenvalue weighted by atomic mass is 35.5. The van der Waals surface area contributed by atoms with Gasteiger partial charge in [0.2, 0.25) is 11.8 Å². The van der Waals surface area contributed by atoms with E-state index in [2.05, 4.69) is 10.2 Å². The summed E-state index contributed by atoms with van der Waals surface area (Å²) in [6.45, 7) is 4.06. The molecule has 0 aromatic heterocycles. The molecule has 7 heteroatoms. The Bertz CT molecular complexity index is 579. The highest BCUT2D eigenvalue weighted by molar-refractivity contribution is 6.35. The van der Waals surface area contributed by atoms with Crippen molar-refractivity contribution in [3.63, 3.8) is 0 Å². The summed E-state index contributed by atoms with van der Waals surface area (Å²) in [4.78, 5) is 27.4. The van der Waals surface area contributed by atoms with E-state index in [9.17, 15) is 9.59 Å². The van der Waals surface area contributed by atoms with Crippen LogP contribution in [0, 0.1) is 0 Å². The summed E-state index contributed by atoms with van der Waals surface area (Å²) in [6, 6.07) is 5.33. The van der Waals surface area contributed by atoms with Gasteiger partial charge in [-0.1, -0.05) is 29.3 Å². The Hall–Kier alpha value is -1.30. The summed E-state index contributed by atoms with van der Waals surface area (Å²) in [5.74, 6) is -0.0663. The molecule has 0 aliphatic heterocycles. The van der Waals surface area contributed by atoms with Crippen LogP contribution >= 0.6 is 23.2 Å². The quantitative estimate of drug-likeness (QED) is 0.671. The Labute approximate surface area is 160 Å². The highest BCUT2D eigenvalue weighted by Gasteiger charge is 2.11. The number of carbonyl (C=O) groups excluding carboxylic acids is 2. The van der Waals surface area contributed by atoms with Gasteiger partial charge in [0.25, 0.3) is 0 Å². The second-order valence-corrected chi connectivity index (χ2v) is 7.09. The van der Waals surface area contributed by atoms with Crippen molar-refractivity contribution in [2.45, 2.75) is 26.2 Å². The zero-order valence-electron chi connectivity index (χ0n) is 15.1. The second kappa shape index (κ2) is 11.3. The molecule has 0 atom stereocenters. The van der Waals surface area contributed by atoms with Gasteiger partial charge >= 0.3 is 0 Å². The molecule has 1 N–H and O–H groups in total. The van der Waals surface area contributed by atoms with Crippen LogP contribution in [0.2, 0.25) is 10.0 Å². The van der Waals surface area contributed by atoms with Crippen LogP contribution in [0.25, 0.3) is 0 Å². The van der Waals surface area contributed by atoms with Gasteiger partial charge in [0.15, 0.2) is 0 Å². The predicted molar refractivity (Wildman–Crippen MR) is 103 cm³/mol. The zero-order chi connectivity index (χ0) is 18.8. The topological polar surface area (TPSA) is 52.7 Å². The second-order valence-electron chi connectivity index (χ2n) is 6.25. The van der Waals surface area contributed by atoms with Gasteiger partial charge in [0, 0.05) is 43.0 Å². The Morgan fingerprint density at radius 2 is 1.84 bits per heavy atom. The van der Waals surface area contributed by atoms with Gasteiger partial charge in [-0.25, -0.2) is 0 Å². The van der Waals surface area contributed by atoms with E-state index in [4.69, 9.17) is 23.2 Å². The molecule has 0 bridgehead atoms. The maximum absolute atomic E-state index is 12.0. The van der Waals surface area contributed by atoms with Gasteiger partial charge in [-0.3, -0.25) is 9.59 Å². The van der Waals surface area contributed by atoms with E-state index >= 15 is 0 Å². The lowest BCUT2D eigenvalue weighted by Gasteiger charge is -2.21. The molecule has 0 unspecified atom stereocenters. The molecule has 25 heavy (non-hydrogen) atoms. The van der Waals surface area contributed by atoms with E-state index in [1.807, 2.05) is 20.2 Å². The molecule has 0 radical (unpaired) electrons. The molecule has 0 saturated heterocycles. The van der Waals surface area contributed by atoms with E-state index in [-0.39, 0.29) is 11.8 Å². The minimum atomic E-state index is -0.0658. The number of carbonyl (C=O) groups is 2. The van der Waals surface area contributed by atoms with Crippen molar-refractivity contribution < 1.29 is 9.59 Å². The highest BCUT2D eigenvalue weighted by Crippen LogP contribution is 2.21. The maximum atomic E-state index is 12.0. The monoisotopic (exact) mass is 387 g/mol. The lowest BCUT2D eigenvalue weighted by molar-refractivity contribution is -0.129. The number of nitrogens with one attached hydrogen (secondary N) is 1. The third kappa shape index (κ3) is 9.10. The van der Waals surface area contributed by atoms with E-state index in [0.717, 1.165) is 18.5 Å². The fraction of sp³-hybridized carbons (Fsp3) is 0.556. The first kappa shape index (κ1) is 21.7. The lowest BCUT2D eigenvalue weighted by Crippen LogP contribution is -2.36. The van der Waals surface area contributed by atoms with Crippen molar-refractivity contribution in [3.05, 3.63) is 33.8 Å². The summed E-state index contributed by atoms with van der Waals surface area (Å²) in [5, 5.41) is 4.06. The van der Waals surface area contributed by atoms with Crippen LogP contribution in [0.5, 0.6) is 0 Å². The smallest absolute Gasteiger partial charge is 0.221 e. The molecule has 1 aromatic rings. The van der Waals surface area contributed by atoms with Crippen LogP contribution in [-0.2, 0) is 16.0 Å². The minimum absolute atomic E-state index is 0.000461. The van der Waals surface area contributed by atoms with Crippen LogP contribution < -0.4 is 5.32 Å². The van der Waals surface area contributed by atoms with Crippen LogP contribution in [0.1, 0.15) is 25.3 Å². The average molecular weight is 388 g/mol. The molecule has 0 saturated carbocycles. The number of amides is 2. The standard InChI is InChI=1S/C18H27Cl2N3O2/c1-14(24)23(11-4-10-22(2)3)12-8-18(25)21-9-7-15-5-6-16(19)13-17(15)20/h5-6,13H,4,7-12H2,1-3H3,(H,21,25). The Morgan fingerprint density at radius 3 is 2.44 bits per heavy atom. The number of hydrogen-bond acceptors (Lipinski definition) is 3. The largest absolute Gasteiger partial charge is 0.356 e. The molecule has 140 valence electrons. The van der Waals surface area contributed by atoms with Gasteiger partial charge < -0.3 is 15.1 Å².